The monoisotopic (exact) mass is 277 g/mol. The third kappa shape index (κ3) is 3.75. The largest absolute Gasteiger partial charge is 0.506 e. The topological polar surface area (TPSA) is 66.5 Å². The average Bonchev–Trinajstić information content (AvgIpc) is 2.21. The third-order valence-corrected chi connectivity index (χ3v) is 3.05. The molecule has 0 saturated carbocycles. The zero-order chi connectivity index (χ0) is 13.2. The molecule has 0 aliphatic heterocycles. The first-order chi connectivity index (χ1) is 7.82. The fraction of sp³-hybridized carbons (Fsp3) is 0.500. The minimum Gasteiger partial charge on any atom is -0.506 e. The number of phenols is 1. The van der Waals surface area contributed by atoms with Crippen molar-refractivity contribution < 1.29 is 10.2 Å². The maximum absolute atomic E-state index is 9.93. The smallest absolute Gasteiger partial charge is 0.139 e. The van der Waals surface area contributed by atoms with Crippen LogP contribution in [0.25, 0.3) is 0 Å². The number of hydrogen-bond donors (Lipinski definition) is 3. The highest BCUT2D eigenvalue weighted by molar-refractivity contribution is 6.35. The molecule has 5 heteroatoms. The Hall–Kier alpha value is -0.480. The van der Waals surface area contributed by atoms with Gasteiger partial charge in [0.1, 0.15) is 5.75 Å². The second-order valence-electron chi connectivity index (χ2n) is 4.55. The Kier molecular flexibility index (Phi) is 5.07. The van der Waals surface area contributed by atoms with Crippen LogP contribution in [-0.4, -0.2) is 16.3 Å². The quantitative estimate of drug-likeness (QED) is 0.792. The molecule has 0 bridgehead atoms. The van der Waals surface area contributed by atoms with E-state index in [0.717, 1.165) is 0 Å². The Morgan fingerprint density at radius 1 is 1.29 bits per heavy atom. The lowest BCUT2D eigenvalue weighted by molar-refractivity contribution is 0.120. The summed E-state index contributed by atoms with van der Waals surface area (Å²) in [4.78, 5) is 0. The van der Waals surface area contributed by atoms with Crippen LogP contribution in [0.2, 0.25) is 10.0 Å². The van der Waals surface area contributed by atoms with E-state index in [9.17, 15) is 10.2 Å². The molecule has 1 aromatic rings. The van der Waals surface area contributed by atoms with Crippen LogP contribution in [0.4, 0.5) is 0 Å². The van der Waals surface area contributed by atoms with Gasteiger partial charge in [-0.15, -0.1) is 0 Å². The van der Waals surface area contributed by atoms with Crippen molar-refractivity contribution in [3.8, 4) is 5.75 Å². The predicted octanol–water partition coefficient (Wildman–Crippen LogP) is 3.11. The van der Waals surface area contributed by atoms with Gasteiger partial charge < -0.3 is 15.9 Å². The van der Waals surface area contributed by atoms with Crippen molar-refractivity contribution in [3.05, 3.63) is 27.7 Å². The number of aliphatic hydroxyl groups excluding tert-OH is 1. The molecule has 2 atom stereocenters. The number of rotatable bonds is 4. The van der Waals surface area contributed by atoms with Crippen molar-refractivity contribution in [2.45, 2.75) is 32.4 Å². The van der Waals surface area contributed by atoms with Crippen molar-refractivity contribution in [2.75, 3.05) is 0 Å². The lowest BCUT2D eigenvalue weighted by atomic mass is 9.95. The van der Waals surface area contributed by atoms with Gasteiger partial charge in [0.25, 0.3) is 0 Å². The van der Waals surface area contributed by atoms with Crippen LogP contribution in [0.3, 0.4) is 0 Å². The molecule has 0 aromatic heterocycles. The number of aliphatic hydroxyl groups is 1. The molecule has 3 nitrogen and oxygen atoms in total. The van der Waals surface area contributed by atoms with Crippen LogP contribution in [0.1, 0.15) is 31.9 Å². The average molecular weight is 278 g/mol. The molecular weight excluding hydrogens is 261 g/mol. The molecule has 1 aromatic carbocycles. The molecule has 0 amide bonds. The fourth-order valence-corrected chi connectivity index (χ4v) is 2.19. The van der Waals surface area contributed by atoms with Gasteiger partial charge in [-0.05, 0) is 24.5 Å². The van der Waals surface area contributed by atoms with Crippen molar-refractivity contribution in [1.29, 1.82) is 0 Å². The summed E-state index contributed by atoms with van der Waals surface area (Å²) in [6.07, 6.45) is -0.194. The summed E-state index contributed by atoms with van der Waals surface area (Å²) in [5, 5.41) is 20.2. The lowest BCUT2D eigenvalue weighted by Gasteiger charge is -2.22. The first-order valence-corrected chi connectivity index (χ1v) is 6.20. The number of phenolic OH excluding ortho intramolecular Hbond substituents is 1. The van der Waals surface area contributed by atoms with Crippen molar-refractivity contribution in [3.63, 3.8) is 0 Å². The van der Waals surface area contributed by atoms with E-state index in [0.29, 0.717) is 22.9 Å². The highest BCUT2D eigenvalue weighted by Crippen LogP contribution is 2.35. The molecule has 4 N–H and O–H groups in total. The first-order valence-electron chi connectivity index (χ1n) is 5.44. The van der Waals surface area contributed by atoms with E-state index in [1.807, 2.05) is 13.8 Å². The summed E-state index contributed by atoms with van der Waals surface area (Å²) >= 11 is 11.6. The number of hydrogen-bond acceptors (Lipinski definition) is 3. The van der Waals surface area contributed by atoms with Crippen molar-refractivity contribution in [2.24, 2.45) is 11.7 Å². The maximum Gasteiger partial charge on any atom is 0.139 e. The van der Waals surface area contributed by atoms with Crippen LogP contribution in [-0.2, 0) is 0 Å². The summed E-state index contributed by atoms with van der Waals surface area (Å²) in [5.41, 5.74) is 6.27. The number of benzene rings is 1. The van der Waals surface area contributed by atoms with Crippen molar-refractivity contribution in [1.82, 2.24) is 0 Å². The summed E-state index contributed by atoms with van der Waals surface area (Å²) < 4.78 is 0. The van der Waals surface area contributed by atoms with Crippen LogP contribution in [0.5, 0.6) is 5.75 Å². The summed E-state index contributed by atoms with van der Waals surface area (Å²) in [6, 6.07) is 2.26. The van der Waals surface area contributed by atoms with E-state index in [-0.39, 0.29) is 10.8 Å². The van der Waals surface area contributed by atoms with Gasteiger partial charge in [-0.1, -0.05) is 37.0 Å². The molecule has 0 aliphatic carbocycles. The molecule has 0 fully saturated rings. The number of nitrogens with two attached hydrogens (primary N) is 1. The molecule has 0 aliphatic rings. The molecule has 0 unspecified atom stereocenters. The van der Waals surface area contributed by atoms with Gasteiger partial charge in [-0.25, -0.2) is 0 Å². The van der Waals surface area contributed by atoms with E-state index in [2.05, 4.69) is 0 Å². The van der Waals surface area contributed by atoms with E-state index in [1.165, 1.54) is 12.1 Å². The lowest BCUT2D eigenvalue weighted by Crippen LogP contribution is -2.27. The molecule has 0 spiro atoms. The Morgan fingerprint density at radius 3 is 2.41 bits per heavy atom. The molecule has 0 heterocycles. The van der Waals surface area contributed by atoms with Crippen LogP contribution in [0.15, 0.2) is 12.1 Å². The Labute approximate surface area is 111 Å². The highest BCUT2D eigenvalue weighted by Gasteiger charge is 2.22. The van der Waals surface area contributed by atoms with Crippen molar-refractivity contribution >= 4 is 23.2 Å². The highest BCUT2D eigenvalue weighted by atomic mass is 35.5. The number of aromatic hydroxyl groups is 1. The van der Waals surface area contributed by atoms with Gasteiger partial charge in [0, 0.05) is 10.6 Å². The summed E-state index contributed by atoms with van der Waals surface area (Å²) in [6.45, 7) is 3.97. The molecular formula is C12H17Cl2NO2. The standard InChI is InChI=1S/C12H17Cl2NO2/c1-6(2)3-10(16)11(15)8-4-7(13)5-9(14)12(8)17/h4-6,10-11,16-17H,3,15H2,1-2H3/t10-,11+/m1/s1. The molecule has 0 saturated heterocycles. The minimum atomic E-state index is -0.740. The minimum absolute atomic E-state index is 0.119. The van der Waals surface area contributed by atoms with Gasteiger partial charge in [0.2, 0.25) is 0 Å². The van der Waals surface area contributed by atoms with Gasteiger partial charge in [0.05, 0.1) is 17.2 Å². The van der Waals surface area contributed by atoms with Gasteiger partial charge in [-0.3, -0.25) is 0 Å². The number of halogens is 2. The zero-order valence-electron chi connectivity index (χ0n) is 9.82. The fourth-order valence-electron chi connectivity index (χ4n) is 1.68. The second-order valence-corrected chi connectivity index (χ2v) is 5.39. The van der Waals surface area contributed by atoms with E-state index in [1.54, 1.807) is 0 Å². The third-order valence-electron chi connectivity index (χ3n) is 2.54. The van der Waals surface area contributed by atoms with E-state index in [4.69, 9.17) is 28.9 Å². The molecule has 96 valence electrons. The van der Waals surface area contributed by atoms with E-state index < -0.39 is 12.1 Å². The Morgan fingerprint density at radius 2 is 1.88 bits per heavy atom. The molecule has 1 rings (SSSR count). The summed E-state index contributed by atoms with van der Waals surface area (Å²) in [7, 11) is 0. The molecule has 0 radical (unpaired) electrons. The second kappa shape index (κ2) is 5.91. The van der Waals surface area contributed by atoms with Gasteiger partial charge in [-0.2, -0.15) is 0 Å². The zero-order valence-corrected chi connectivity index (χ0v) is 11.3. The van der Waals surface area contributed by atoms with Gasteiger partial charge >= 0.3 is 0 Å². The Bertz CT molecular complexity index is 396. The SMILES string of the molecule is CC(C)C[C@@H](O)[C@@H](N)c1cc(Cl)cc(Cl)c1O. The van der Waals surface area contributed by atoms with E-state index >= 15 is 0 Å². The van der Waals surface area contributed by atoms with Gasteiger partial charge in [0.15, 0.2) is 0 Å². The summed E-state index contributed by atoms with van der Waals surface area (Å²) in [5.74, 6) is 0.194. The molecule has 17 heavy (non-hydrogen) atoms. The van der Waals surface area contributed by atoms with Crippen LogP contribution >= 0.6 is 23.2 Å². The normalized spacial score (nSPS) is 15.0. The van der Waals surface area contributed by atoms with Crippen LogP contribution in [0, 0.1) is 5.92 Å². The van der Waals surface area contributed by atoms with Crippen LogP contribution < -0.4 is 5.73 Å². The first kappa shape index (κ1) is 14.6. The maximum atomic E-state index is 9.93. The predicted molar refractivity (Wildman–Crippen MR) is 70.5 cm³/mol. The Balaban J connectivity index is 2.99.